The van der Waals surface area contributed by atoms with Crippen LogP contribution in [-0.4, -0.2) is 46.6 Å². The van der Waals surface area contributed by atoms with Crippen molar-refractivity contribution in [2.75, 3.05) is 11.5 Å². The second-order valence-corrected chi connectivity index (χ2v) is 9.39. The van der Waals surface area contributed by atoms with Crippen LogP contribution in [-0.2, 0) is 16.4 Å². The number of carbonyl (C=O) groups is 1. The molecule has 1 fully saturated rings. The molecule has 0 saturated carbocycles. The molecule has 26 heavy (non-hydrogen) atoms. The van der Waals surface area contributed by atoms with Crippen LogP contribution in [0, 0.1) is 6.92 Å². The Bertz CT molecular complexity index is 888. The van der Waals surface area contributed by atoms with E-state index >= 15 is 0 Å². The highest BCUT2D eigenvalue weighted by Gasteiger charge is 2.32. The van der Waals surface area contributed by atoms with Gasteiger partial charge >= 0.3 is 0 Å². The van der Waals surface area contributed by atoms with Crippen LogP contribution >= 0.6 is 0 Å². The molecule has 140 valence electrons. The van der Waals surface area contributed by atoms with Gasteiger partial charge in [-0.05, 0) is 32.8 Å². The first-order valence-corrected chi connectivity index (χ1v) is 10.7. The molecule has 0 spiro atoms. The Morgan fingerprint density at radius 1 is 1.31 bits per heavy atom. The molecular formula is C19H25N3O3S. The maximum atomic E-state index is 13.1. The molecule has 1 aliphatic rings. The Morgan fingerprint density at radius 3 is 2.58 bits per heavy atom. The van der Waals surface area contributed by atoms with E-state index in [9.17, 15) is 13.2 Å². The number of amides is 1. The SMILES string of the molecule is Cc1c(C(=O)N(Cc2ccccc2)C(C)C)cnn1C1CCS(=O)(=O)C1. The lowest BCUT2D eigenvalue weighted by Crippen LogP contribution is -2.36. The lowest BCUT2D eigenvalue weighted by atomic mass is 10.1. The van der Waals surface area contributed by atoms with Crippen LogP contribution in [0.15, 0.2) is 36.5 Å². The van der Waals surface area contributed by atoms with Gasteiger partial charge in [0, 0.05) is 18.3 Å². The second-order valence-electron chi connectivity index (χ2n) is 7.16. The monoisotopic (exact) mass is 375 g/mol. The zero-order chi connectivity index (χ0) is 18.9. The van der Waals surface area contributed by atoms with Crippen molar-refractivity contribution in [1.82, 2.24) is 14.7 Å². The van der Waals surface area contributed by atoms with Gasteiger partial charge in [-0.2, -0.15) is 5.10 Å². The smallest absolute Gasteiger partial charge is 0.257 e. The largest absolute Gasteiger partial charge is 0.332 e. The third-order valence-electron chi connectivity index (χ3n) is 4.91. The van der Waals surface area contributed by atoms with Crippen molar-refractivity contribution in [3.05, 3.63) is 53.3 Å². The molecule has 1 aliphatic heterocycles. The molecule has 0 bridgehead atoms. The van der Waals surface area contributed by atoms with Crippen LogP contribution in [0.25, 0.3) is 0 Å². The average molecular weight is 375 g/mol. The van der Waals surface area contributed by atoms with E-state index < -0.39 is 9.84 Å². The van der Waals surface area contributed by atoms with Gasteiger partial charge in [-0.25, -0.2) is 8.42 Å². The summed E-state index contributed by atoms with van der Waals surface area (Å²) in [6.07, 6.45) is 2.12. The van der Waals surface area contributed by atoms with Crippen molar-refractivity contribution < 1.29 is 13.2 Å². The molecule has 1 amide bonds. The number of hydrogen-bond acceptors (Lipinski definition) is 4. The number of carbonyl (C=O) groups excluding carboxylic acids is 1. The Labute approximate surface area is 154 Å². The Balaban J connectivity index is 1.84. The minimum absolute atomic E-state index is 0.0392. The predicted molar refractivity (Wildman–Crippen MR) is 101 cm³/mol. The fraction of sp³-hybridized carbons (Fsp3) is 0.474. The summed E-state index contributed by atoms with van der Waals surface area (Å²) < 4.78 is 25.2. The summed E-state index contributed by atoms with van der Waals surface area (Å²) in [6.45, 7) is 6.35. The third-order valence-corrected chi connectivity index (χ3v) is 6.66. The molecule has 1 aromatic heterocycles. The highest BCUT2D eigenvalue weighted by atomic mass is 32.2. The van der Waals surface area contributed by atoms with Crippen LogP contribution in [0.1, 0.15) is 47.9 Å². The molecular weight excluding hydrogens is 350 g/mol. The highest BCUT2D eigenvalue weighted by Crippen LogP contribution is 2.26. The third kappa shape index (κ3) is 3.82. The van der Waals surface area contributed by atoms with Crippen molar-refractivity contribution in [2.24, 2.45) is 0 Å². The molecule has 3 rings (SSSR count). The number of sulfone groups is 1. The fourth-order valence-electron chi connectivity index (χ4n) is 3.39. The standard InChI is InChI=1S/C19H25N3O3S/c1-14(2)21(12-16-7-5-4-6-8-16)19(23)18-11-20-22(15(18)3)17-9-10-26(24,25)13-17/h4-8,11,14,17H,9-10,12-13H2,1-3H3. The van der Waals surface area contributed by atoms with Gasteiger partial charge in [0.1, 0.15) is 0 Å². The van der Waals surface area contributed by atoms with Gasteiger partial charge in [-0.3, -0.25) is 9.48 Å². The molecule has 1 saturated heterocycles. The van der Waals surface area contributed by atoms with Gasteiger partial charge < -0.3 is 4.90 Å². The van der Waals surface area contributed by atoms with Crippen molar-refractivity contribution >= 4 is 15.7 Å². The Hall–Kier alpha value is -2.15. The summed E-state index contributed by atoms with van der Waals surface area (Å²) in [7, 11) is -3.00. The minimum Gasteiger partial charge on any atom is -0.332 e. The van der Waals surface area contributed by atoms with Gasteiger partial charge in [0.15, 0.2) is 9.84 Å². The number of aromatic nitrogens is 2. The molecule has 0 aliphatic carbocycles. The summed E-state index contributed by atoms with van der Waals surface area (Å²) >= 11 is 0. The van der Waals surface area contributed by atoms with Gasteiger partial charge in [-0.1, -0.05) is 30.3 Å². The van der Waals surface area contributed by atoms with Gasteiger partial charge in [0.2, 0.25) is 0 Å². The second kappa shape index (κ2) is 7.23. The minimum atomic E-state index is -3.00. The fourth-order valence-corrected chi connectivity index (χ4v) is 5.09. The molecule has 2 heterocycles. The normalized spacial score (nSPS) is 19.0. The van der Waals surface area contributed by atoms with Gasteiger partial charge in [0.05, 0.1) is 29.3 Å². The molecule has 0 N–H and O–H groups in total. The summed E-state index contributed by atoms with van der Waals surface area (Å²) in [4.78, 5) is 14.9. The van der Waals surface area contributed by atoms with E-state index in [0.717, 1.165) is 11.3 Å². The molecule has 2 aromatic rings. The van der Waals surface area contributed by atoms with E-state index in [2.05, 4.69) is 5.10 Å². The lowest BCUT2D eigenvalue weighted by Gasteiger charge is -2.27. The maximum Gasteiger partial charge on any atom is 0.257 e. The number of benzene rings is 1. The zero-order valence-corrected chi connectivity index (χ0v) is 16.2. The number of rotatable bonds is 5. The average Bonchev–Trinajstić information content (AvgIpc) is 3.15. The molecule has 1 atom stereocenters. The Kier molecular flexibility index (Phi) is 5.18. The lowest BCUT2D eigenvalue weighted by molar-refractivity contribution is 0.0689. The predicted octanol–water partition coefficient (Wildman–Crippen LogP) is 2.60. The first-order valence-electron chi connectivity index (χ1n) is 8.88. The van der Waals surface area contributed by atoms with Crippen molar-refractivity contribution in [3.63, 3.8) is 0 Å². The first-order chi connectivity index (χ1) is 12.3. The van der Waals surface area contributed by atoms with Crippen LogP contribution in [0.3, 0.4) is 0 Å². The van der Waals surface area contributed by atoms with E-state index in [1.165, 1.54) is 0 Å². The number of nitrogens with zero attached hydrogens (tertiary/aromatic N) is 3. The van der Waals surface area contributed by atoms with E-state index in [1.807, 2.05) is 56.0 Å². The number of hydrogen-bond donors (Lipinski definition) is 0. The summed E-state index contributed by atoms with van der Waals surface area (Å²) in [6, 6.07) is 9.74. The van der Waals surface area contributed by atoms with Crippen LogP contribution < -0.4 is 0 Å². The van der Waals surface area contributed by atoms with Gasteiger partial charge in [-0.15, -0.1) is 0 Å². The molecule has 1 unspecified atom stereocenters. The quantitative estimate of drug-likeness (QED) is 0.805. The zero-order valence-electron chi connectivity index (χ0n) is 15.4. The molecule has 1 aromatic carbocycles. The van der Waals surface area contributed by atoms with E-state index in [4.69, 9.17) is 0 Å². The van der Waals surface area contributed by atoms with E-state index in [1.54, 1.807) is 10.9 Å². The summed E-state index contributed by atoms with van der Waals surface area (Å²) in [5, 5.41) is 4.34. The molecule has 0 radical (unpaired) electrons. The Morgan fingerprint density at radius 2 is 2.00 bits per heavy atom. The van der Waals surface area contributed by atoms with E-state index in [-0.39, 0.29) is 29.5 Å². The maximum absolute atomic E-state index is 13.1. The highest BCUT2D eigenvalue weighted by molar-refractivity contribution is 7.91. The molecule has 7 heteroatoms. The topological polar surface area (TPSA) is 72.3 Å². The van der Waals surface area contributed by atoms with Crippen LogP contribution in [0.2, 0.25) is 0 Å². The summed E-state index contributed by atoms with van der Waals surface area (Å²) in [5.74, 6) is 0.210. The summed E-state index contributed by atoms with van der Waals surface area (Å²) in [5.41, 5.74) is 2.34. The van der Waals surface area contributed by atoms with Gasteiger partial charge in [0.25, 0.3) is 5.91 Å². The van der Waals surface area contributed by atoms with Crippen molar-refractivity contribution in [3.8, 4) is 0 Å². The van der Waals surface area contributed by atoms with Crippen LogP contribution in [0.4, 0.5) is 0 Å². The first kappa shape index (κ1) is 18.6. The molecule has 6 nitrogen and oxygen atoms in total. The van der Waals surface area contributed by atoms with Crippen molar-refractivity contribution in [1.29, 1.82) is 0 Å². The van der Waals surface area contributed by atoms with Crippen molar-refractivity contribution in [2.45, 2.75) is 45.8 Å². The van der Waals surface area contributed by atoms with E-state index in [0.29, 0.717) is 18.5 Å². The van der Waals surface area contributed by atoms with Crippen LogP contribution in [0.5, 0.6) is 0 Å².